The van der Waals surface area contributed by atoms with Crippen molar-refractivity contribution in [3.05, 3.63) is 59.7 Å². The molecular formula is C19H23NOS. The number of hydrogen-bond acceptors (Lipinski definition) is 2. The molecule has 2 aromatic rings. The SMILES string of the molecule is Cc1ccccc1NC(=O)CSc1ccc(C(C)(C)C)cc1. The second-order valence-corrected chi connectivity index (χ2v) is 7.47. The van der Waals surface area contributed by atoms with Gasteiger partial charge in [-0.05, 0) is 41.7 Å². The Morgan fingerprint density at radius 2 is 1.68 bits per heavy atom. The van der Waals surface area contributed by atoms with Crippen LogP contribution in [-0.4, -0.2) is 11.7 Å². The zero-order valence-corrected chi connectivity index (χ0v) is 14.5. The number of amides is 1. The first-order valence-electron chi connectivity index (χ1n) is 7.45. The van der Waals surface area contributed by atoms with Gasteiger partial charge in [0, 0.05) is 10.6 Å². The van der Waals surface area contributed by atoms with E-state index >= 15 is 0 Å². The van der Waals surface area contributed by atoms with E-state index in [-0.39, 0.29) is 11.3 Å². The fourth-order valence-corrected chi connectivity index (χ4v) is 2.80. The molecule has 22 heavy (non-hydrogen) atoms. The van der Waals surface area contributed by atoms with Crippen LogP contribution in [0.25, 0.3) is 0 Å². The zero-order chi connectivity index (χ0) is 16.2. The number of thioether (sulfide) groups is 1. The molecule has 2 rings (SSSR count). The maximum absolute atomic E-state index is 12.0. The van der Waals surface area contributed by atoms with Crippen LogP contribution < -0.4 is 5.32 Å². The Bertz CT molecular complexity index is 641. The summed E-state index contributed by atoms with van der Waals surface area (Å²) in [4.78, 5) is 13.2. The van der Waals surface area contributed by atoms with E-state index in [0.717, 1.165) is 16.1 Å². The average Bonchev–Trinajstić information content (AvgIpc) is 2.47. The van der Waals surface area contributed by atoms with Crippen molar-refractivity contribution in [1.82, 2.24) is 0 Å². The Labute approximate surface area is 137 Å². The van der Waals surface area contributed by atoms with Gasteiger partial charge in [-0.3, -0.25) is 4.79 Å². The maximum Gasteiger partial charge on any atom is 0.234 e. The van der Waals surface area contributed by atoms with Crippen molar-refractivity contribution in [3.63, 3.8) is 0 Å². The van der Waals surface area contributed by atoms with E-state index < -0.39 is 0 Å². The molecule has 0 aromatic heterocycles. The monoisotopic (exact) mass is 313 g/mol. The molecule has 0 bridgehead atoms. The third kappa shape index (κ3) is 4.63. The maximum atomic E-state index is 12.0. The van der Waals surface area contributed by atoms with Crippen LogP contribution in [0.3, 0.4) is 0 Å². The summed E-state index contributed by atoms with van der Waals surface area (Å²) in [6.45, 7) is 8.59. The van der Waals surface area contributed by atoms with E-state index in [0.29, 0.717) is 5.75 Å². The Hall–Kier alpha value is -1.74. The minimum Gasteiger partial charge on any atom is -0.325 e. The largest absolute Gasteiger partial charge is 0.325 e. The quantitative estimate of drug-likeness (QED) is 0.803. The number of hydrogen-bond donors (Lipinski definition) is 1. The molecule has 0 aliphatic carbocycles. The smallest absolute Gasteiger partial charge is 0.234 e. The van der Waals surface area contributed by atoms with E-state index in [1.54, 1.807) is 11.8 Å². The van der Waals surface area contributed by atoms with Crippen molar-refractivity contribution in [1.29, 1.82) is 0 Å². The van der Waals surface area contributed by atoms with Crippen molar-refractivity contribution < 1.29 is 4.79 Å². The van der Waals surface area contributed by atoms with Gasteiger partial charge in [-0.15, -0.1) is 11.8 Å². The molecule has 0 unspecified atom stereocenters. The van der Waals surface area contributed by atoms with Gasteiger partial charge in [-0.25, -0.2) is 0 Å². The summed E-state index contributed by atoms with van der Waals surface area (Å²) < 4.78 is 0. The lowest BCUT2D eigenvalue weighted by atomic mass is 9.87. The lowest BCUT2D eigenvalue weighted by molar-refractivity contribution is -0.113. The Morgan fingerprint density at radius 1 is 1.05 bits per heavy atom. The van der Waals surface area contributed by atoms with Crippen LogP contribution in [0.4, 0.5) is 5.69 Å². The molecule has 0 heterocycles. The predicted molar refractivity (Wildman–Crippen MR) is 95.7 cm³/mol. The molecule has 2 aromatic carbocycles. The van der Waals surface area contributed by atoms with Gasteiger partial charge < -0.3 is 5.32 Å². The first kappa shape index (κ1) is 16.6. The summed E-state index contributed by atoms with van der Waals surface area (Å²) in [6, 6.07) is 16.3. The lowest BCUT2D eigenvalue weighted by Gasteiger charge is -2.19. The fourth-order valence-electron chi connectivity index (χ4n) is 2.10. The lowest BCUT2D eigenvalue weighted by Crippen LogP contribution is -2.14. The van der Waals surface area contributed by atoms with Crippen molar-refractivity contribution in [2.75, 3.05) is 11.1 Å². The Kier molecular flexibility index (Phi) is 5.30. The van der Waals surface area contributed by atoms with Crippen molar-refractivity contribution in [2.24, 2.45) is 0 Å². The Morgan fingerprint density at radius 3 is 2.27 bits per heavy atom. The highest BCUT2D eigenvalue weighted by molar-refractivity contribution is 8.00. The number of anilines is 1. The van der Waals surface area contributed by atoms with E-state index in [9.17, 15) is 4.79 Å². The molecular weight excluding hydrogens is 290 g/mol. The molecule has 1 amide bonds. The number of para-hydroxylation sites is 1. The molecule has 3 heteroatoms. The molecule has 0 aliphatic rings. The molecule has 0 fully saturated rings. The number of carbonyl (C=O) groups is 1. The zero-order valence-electron chi connectivity index (χ0n) is 13.6. The second-order valence-electron chi connectivity index (χ2n) is 6.43. The minimum absolute atomic E-state index is 0.0270. The predicted octanol–water partition coefficient (Wildman–Crippen LogP) is 5.02. The van der Waals surface area contributed by atoms with Gasteiger partial charge in [0.05, 0.1) is 5.75 Å². The van der Waals surface area contributed by atoms with Gasteiger partial charge in [0.1, 0.15) is 0 Å². The van der Waals surface area contributed by atoms with Gasteiger partial charge in [-0.1, -0.05) is 51.1 Å². The van der Waals surface area contributed by atoms with E-state index in [1.165, 1.54) is 5.56 Å². The first-order chi connectivity index (χ1) is 10.4. The van der Waals surface area contributed by atoms with E-state index in [4.69, 9.17) is 0 Å². The van der Waals surface area contributed by atoms with Crippen LogP contribution in [0.1, 0.15) is 31.9 Å². The number of nitrogens with one attached hydrogen (secondary N) is 1. The van der Waals surface area contributed by atoms with Crippen LogP contribution in [0.15, 0.2) is 53.4 Å². The van der Waals surface area contributed by atoms with Crippen LogP contribution in [0.5, 0.6) is 0 Å². The molecule has 0 spiro atoms. The fraction of sp³-hybridized carbons (Fsp3) is 0.316. The molecule has 2 nitrogen and oxygen atoms in total. The van der Waals surface area contributed by atoms with Gasteiger partial charge in [0.25, 0.3) is 0 Å². The van der Waals surface area contributed by atoms with Gasteiger partial charge in [0.15, 0.2) is 0 Å². The van der Waals surface area contributed by atoms with Crippen molar-refractivity contribution >= 4 is 23.4 Å². The summed E-state index contributed by atoms with van der Waals surface area (Å²) in [5.74, 6) is 0.447. The molecule has 116 valence electrons. The average molecular weight is 313 g/mol. The molecule has 0 aliphatic heterocycles. The summed E-state index contributed by atoms with van der Waals surface area (Å²) in [5.41, 5.74) is 3.43. The Balaban J connectivity index is 1.90. The molecule has 0 saturated heterocycles. The van der Waals surface area contributed by atoms with Crippen LogP contribution >= 0.6 is 11.8 Å². The van der Waals surface area contributed by atoms with Crippen molar-refractivity contribution in [3.8, 4) is 0 Å². The van der Waals surface area contributed by atoms with Crippen molar-refractivity contribution in [2.45, 2.75) is 38.0 Å². The van der Waals surface area contributed by atoms with Gasteiger partial charge in [0.2, 0.25) is 5.91 Å². The molecule has 0 saturated carbocycles. The third-order valence-corrected chi connectivity index (χ3v) is 4.52. The molecule has 1 N–H and O–H groups in total. The molecule has 0 radical (unpaired) electrons. The van der Waals surface area contributed by atoms with Crippen LogP contribution in [0.2, 0.25) is 0 Å². The minimum atomic E-state index is 0.0270. The van der Waals surface area contributed by atoms with Crippen LogP contribution in [0, 0.1) is 6.92 Å². The second kappa shape index (κ2) is 7.01. The number of aryl methyl sites for hydroxylation is 1. The van der Waals surface area contributed by atoms with E-state index in [1.807, 2.05) is 31.2 Å². The third-order valence-electron chi connectivity index (χ3n) is 3.51. The summed E-state index contributed by atoms with van der Waals surface area (Å²) in [7, 11) is 0. The first-order valence-corrected chi connectivity index (χ1v) is 8.43. The highest BCUT2D eigenvalue weighted by atomic mass is 32.2. The summed E-state index contributed by atoms with van der Waals surface area (Å²) in [6.07, 6.45) is 0. The van der Waals surface area contributed by atoms with Crippen LogP contribution in [-0.2, 0) is 10.2 Å². The standard InChI is InChI=1S/C19H23NOS/c1-14-7-5-6-8-17(14)20-18(21)13-22-16-11-9-15(10-12-16)19(2,3)4/h5-12H,13H2,1-4H3,(H,20,21). The molecule has 0 atom stereocenters. The topological polar surface area (TPSA) is 29.1 Å². The van der Waals surface area contributed by atoms with Gasteiger partial charge in [-0.2, -0.15) is 0 Å². The number of rotatable bonds is 4. The number of carbonyl (C=O) groups excluding carboxylic acids is 1. The normalized spacial score (nSPS) is 11.3. The summed E-state index contributed by atoms with van der Waals surface area (Å²) in [5, 5.41) is 2.96. The highest BCUT2D eigenvalue weighted by Crippen LogP contribution is 2.25. The van der Waals surface area contributed by atoms with E-state index in [2.05, 4.69) is 50.4 Å². The number of benzene rings is 2. The summed E-state index contributed by atoms with van der Waals surface area (Å²) >= 11 is 1.56. The highest BCUT2D eigenvalue weighted by Gasteiger charge is 2.13. The van der Waals surface area contributed by atoms with Gasteiger partial charge >= 0.3 is 0 Å².